The Morgan fingerprint density at radius 2 is 1.96 bits per heavy atom. The van der Waals surface area contributed by atoms with Crippen LogP contribution in [0.3, 0.4) is 0 Å². The summed E-state index contributed by atoms with van der Waals surface area (Å²) >= 11 is 0. The van der Waals surface area contributed by atoms with Crippen molar-refractivity contribution in [1.82, 2.24) is 9.80 Å². The quantitative estimate of drug-likeness (QED) is 0.842. The largest absolute Gasteiger partial charge is 0.368 e. The maximum Gasteiger partial charge on any atom is 0.255 e. The molecule has 2 aliphatic rings. The number of primary amides is 1. The SMILES string of the molecule is CCC(=O)CC[C@@H](C(N)=O)N1Cc2cc3c(cc2C1=O)CN(C)CC3. The van der Waals surface area contributed by atoms with Gasteiger partial charge in [-0.25, -0.2) is 0 Å². The Hall–Kier alpha value is -2.21. The summed E-state index contributed by atoms with van der Waals surface area (Å²) in [5.41, 5.74) is 9.62. The molecule has 2 N–H and O–H groups in total. The number of rotatable bonds is 6. The van der Waals surface area contributed by atoms with Crippen LogP contribution >= 0.6 is 0 Å². The number of hydrogen-bond acceptors (Lipinski definition) is 4. The van der Waals surface area contributed by atoms with E-state index in [1.54, 1.807) is 6.92 Å². The second-order valence-corrected chi connectivity index (χ2v) is 7.05. The van der Waals surface area contributed by atoms with Gasteiger partial charge < -0.3 is 15.5 Å². The van der Waals surface area contributed by atoms with Gasteiger partial charge in [-0.2, -0.15) is 0 Å². The Kier molecular flexibility index (Phi) is 4.90. The van der Waals surface area contributed by atoms with Gasteiger partial charge in [0, 0.05) is 38.0 Å². The molecule has 2 heterocycles. The summed E-state index contributed by atoms with van der Waals surface area (Å²) in [6.45, 7) is 4.03. The van der Waals surface area contributed by atoms with E-state index >= 15 is 0 Å². The third-order valence-corrected chi connectivity index (χ3v) is 5.26. The molecular weight excluding hydrogens is 318 g/mol. The molecule has 2 amide bonds. The number of nitrogens with zero attached hydrogens (tertiary/aromatic N) is 2. The average Bonchev–Trinajstić information content (AvgIpc) is 2.88. The second-order valence-electron chi connectivity index (χ2n) is 7.05. The number of ketones is 1. The van der Waals surface area contributed by atoms with Crippen LogP contribution in [-0.2, 0) is 29.1 Å². The number of hydrogen-bond donors (Lipinski definition) is 1. The van der Waals surface area contributed by atoms with Crippen molar-refractivity contribution in [2.24, 2.45) is 5.73 Å². The predicted molar refractivity (Wildman–Crippen MR) is 93.9 cm³/mol. The van der Waals surface area contributed by atoms with Crippen molar-refractivity contribution in [1.29, 1.82) is 0 Å². The fourth-order valence-electron chi connectivity index (χ4n) is 3.72. The lowest BCUT2D eigenvalue weighted by Gasteiger charge is -2.25. The monoisotopic (exact) mass is 343 g/mol. The summed E-state index contributed by atoms with van der Waals surface area (Å²) in [7, 11) is 2.07. The summed E-state index contributed by atoms with van der Waals surface area (Å²) < 4.78 is 0. The lowest BCUT2D eigenvalue weighted by molar-refractivity contribution is -0.123. The Morgan fingerprint density at radius 1 is 1.20 bits per heavy atom. The van der Waals surface area contributed by atoms with Crippen LogP contribution in [0.25, 0.3) is 0 Å². The van der Waals surface area contributed by atoms with E-state index in [0.29, 0.717) is 24.9 Å². The van der Waals surface area contributed by atoms with Gasteiger partial charge in [0.25, 0.3) is 5.91 Å². The molecule has 1 atom stereocenters. The molecule has 0 unspecified atom stereocenters. The molecule has 1 aromatic rings. The zero-order valence-electron chi connectivity index (χ0n) is 14.9. The molecule has 3 rings (SSSR count). The van der Waals surface area contributed by atoms with Crippen LogP contribution in [0.15, 0.2) is 12.1 Å². The standard InChI is InChI=1S/C19H25N3O3/c1-3-15(23)4-5-17(18(20)24)22-11-14-8-12-6-7-21(2)10-13(12)9-16(14)19(22)25/h8-9,17H,3-7,10-11H2,1-2H3,(H2,20,24)/t17-/m0/s1. The molecule has 0 aromatic heterocycles. The number of benzene rings is 1. The normalized spacial score (nSPS) is 18.0. The average molecular weight is 343 g/mol. The van der Waals surface area contributed by atoms with Crippen LogP contribution in [0, 0.1) is 0 Å². The van der Waals surface area contributed by atoms with Gasteiger partial charge in [0.15, 0.2) is 0 Å². The molecule has 0 spiro atoms. The van der Waals surface area contributed by atoms with Crippen LogP contribution in [0.4, 0.5) is 0 Å². The molecule has 0 fully saturated rings. The fourth-order valence-corrected chi connectivity index (χ4v) is 3.72. The Bertz CT molecular complexity index is 729. The van der Waals surface area contributed by atoms with Gasteiger partial charge >= 0.3 is 0 Å². The van der Waals surface area contributed by atoms with Crippen molar-refractivity contribution in [3.8, 4) is 0 Å². The van der Waals surface area contributed by atoms with E-state index in [1.807, 2.05) is 6.07 Å². The topological polar surface area (TPSA) is 83.7 Å². The first-order valence-electron chi connectivity index (χ1n) is 8.86. The number of Topliss-reactive ketones (excluding diaryl/α,β-unsaturated/α-hetero) is 1. The third kappa shape index (κ3) is 3.44. The first-order valence-corrected chi connectivity index (χ1v) is 8.86. The predicted octanol–water partition coefficient (Wildman–Crippen LogP) is 1.24. The summed E-state index contributed by atoms with van der Waals surface area (Å²) in [6.07, 6.45) is 1.97. The number of amides is 2. The van der Waals surface area contributed by atoms with Crippen LogP contribution < -0.4 is 5.73 Å². The Morgan fingerprint density at radius 3 is 2.64 bits per heavy atom. The highest BCUT2D eigenvalue weighted by atomic mass is 16.2. The molecule has 0 bridgehead atoms. The first-order chi connectivity index (χ1) is 11.9. The first kappa shape index (κ1) is 17.6. The molecule has 134 valence electrons. The molecule has 6 heteroatoms. The van der Waals surface area contributed by atoms with Gasteiger partial charge in [-0.3, -0.25) is 14.4 Å². The zero-order chi connectivity index (χ0) is 18.1. The highest BCUT2D eigenvalue weighted by molar-refractivity contribution is 6.01. The molecule has 25 heavy (non-hydrogen) atoms. The fraction of sp³-hybridized carbons (Fsp3) is 0.526. The summed E-state index contributed by atoms with van der Waals surface area (Å²) in [4.78, 5) is 40.1. The molecule has 0 saturated carbocycles. The number of fused-ring (bicyclic) bond motifs is 2. The van der Waals surface area contributed by atoms with Gasteiger partial charge in [0.1, 0.15) is 11.8 Å². The maximum atomic E-state index is 12.8. The van der Waals surface area contributed by atoms with Gasteiger partial charge in [-0.1, -0.05) is 13.0 Å². The number of nitrogens with two attached hydrogens (primary N) is 1. The zero-order valence-corrected chi connectivity index (χ0v) is 14.9. The van der Waals surface area contributed by atoms with Gasteiger partial charge in [0.2, 0.25) is 5.91 Å². The van der Waals surface area contributed by atoms with Gasteiger partial charge in [0.05, 0.1) is 0 Å². The summed E-state index contributed by atoms with van der Waals surface area (Å²) in [5.74, 6) is -0.623. The molecule has 0 aliphatic carbocycles. The van der Waals surface area contributed by atoms with Crippen molar-refractivity contribution >= 4 is 17.6 Å². The van der Waals surface area contributed by atoms with E-state index in [1.165, 1.54) is 16.0 Å². The van der Waals surface area contributed by atoms with Gasteiger partial charge in [-0.05, 0) is 42.6 Å². The smallest absolute Gasteiger partial charge is 0.255 e. The molecule has 1 aromatic carbocycles. The highest BCUT2D eigenvalue weighted by Crippen LogP contribution is 2.31. The molecule has 2 aliphatic heterocycles. The summed E-state index contributed by atoms with van der Waals surface area (Å²) in [6, 6.07) is 3.35. The Balaban J connectivity index is 1.83. The number of carbonyl (C=O) groups excluding carboxylic acids is 3. The van der Waals surface area contributed by atoms with E-state index in [2.05, 4.69) is 18.0 Å². The van der Waals surface area contributed by atoms with Crippen LogP contribution in [0.5, 0.6) is 0 Å². The minimum Gasteiger partial charge on any atom is -0.368 e. The van der Waals surface area contributed by atoms with Gasteiger partial charge in [-0.15, -0.1) is 0 Å². The lowest BCUT2D eigenvalue weighted by atomic mass is 9.95. The van der Waals surface area contributed by atoms with E-state index in [9.17, 15) is 14.4 Å². The second kappa shape index (κ2) is 6.96. The van der Waals surface area contributed by atoms with Crippen molar-refractivity contribution in [2.45, 2.75) is 51.7 Å². The molecule has 6 nitrogen and oxygen atoms in total. The van der Waals surface area contributed by atoms with E-state index in [0.717, 1.165) is 25.1 Å². The van der Waals surface area contributed by atoms with E-state index in [4.69, 9.17) is 5.73 Å². The highest BCUT2D eigenvalue weighted by Gasteiger charge is 2.36. The van der Waals surface area contributed by atoms with Crippen molar-refractivity contribution < 1.29 is 14.4 Å². The number of likely N-dealkylation sites (N-methyl/N-ethyl adjacent to an activating group) is 1. The van der Waals surface area contributed by atoms with Crippen molar-refractivity contribution in [2.75, 3.05) is 13.6 Å². The van der Waals surface area contributed by atoms with Crippen LogP contribution in [0.2, 0.25) is 0 Å². The maximum absolute atomic E-state index is 12.8. The third-order valence-electron chi connectivity index (χ3n) is 5.26. The molecule has 0 radical (unpaired) electrons. The van der Waals surface area contributed by atoms with Crippen molar-refractivity contribution in [3.63, 3.8) is 0 Å². The summed E-state index contributed by atoms with van der Waals surface area (Å²) in [5, 5.41) is 0. The molecule has 0 saturated heterocycles. The lowest BCUT2D eigenvalue weighted by Crippen LogP contribution is -2.45. The van der Waals surface area contributed by atoms with E-state index in [-0.39, 0.29) is 18.1 Å². The molecular formula is C19H25N3O3. The minimum absolute atomic E-state index is 0.0777. The van der Waals surface area contributed by atoms with Crippen LogP contribution in [-0.4, -0.2) is 47.0 Å². The minimum atomic E-state index is -0.727. The van der Waals surface area contributed by atoms with E-state index < -0.39 is 11.9 Å². The van der Waals surface area contributed by atoms with Crippen LogP contribution in [0.1, 0.15) is 53.2 Å². The number of carbonyl (C=O) groups is 3. The Labute approximate surface area is 148 Å². The van der Waals surface area contributed by atoms with Crippen molar-refractivity contribution in [3.05, 3.63) is 34.4 Å².